The van der Waals surface area contributed by atoms with Crippen LogP contribution in [0.4, 0.5) is 24.5 Å². The minimum atomic E-state index is -4.97. The van der Waals surface area contributed by atoms with Crippen LogP contribution in [0.3, 0.4) is 0 Å². The number of amides is 1. The summed E-state index contributed by atoms with van der Waals surface area (Å²) in [6.07, 6.45) is -4.54. The number of carbonyl (C=O) groups is 1. The van der Waals surface area contributed by atoms with Gasteiger partial charge in [-0.25, -0.2) is 4.98 Å². The van der Waals surface area contributed by atoms with E-state index >= 15 is 0 Å². The molecule has 0 saturated carbocycles. The van der Waals surface area contributed by atoms with Crippen LogP contribution in [0.5, 0.6) is 0 Å². The highest BCUT2D eigenvalue weighted by Gasteiger charge is 2.43. The van der Waals surface area contributed by atoms with Gasteiger partial charge in [-0.2, -0.15) is 13.2 Å². The first-order valence-electron chi connectivity index (χ1n) is 14.9. The zero-order valence-electron chi connectivity index (χ0n) is 24.3. The Balaban J connectivity index is 1.17. The average molecular weight is 598 g/mol. The van der Waals surface area contributed by atoms with Crippen molar-refractivity contribution < 1.29 is 18.0 Å². The van der Waals surface area contributed by atoms with E-state index in [1.165, 1.54) is 5.69 Å². The van der Waals surface area contributed by atoms with Crippen LogP contribution < -0.4 is 9.80 Å². The van der Waals surface area contributed by atoms with Crippen LogP contribution in [-0.2, 0) is 11.3 Å². The molecule has 0 atom stereocenters. The Labute approximate surface area is 255 Å². The van der Waals surface area contributed by atoms with E-state index in [1.54, 1.807) is 24.3 Å². The van der Waals surface area contributed by atoms with Crippen molar-refractivity contribution in [1.29, 1.82) is 0 Å². The molecule has 1 aromatic heterocycles. The number of fused-ring (bicyclic) bond motifs is 1. The number of anilines is 2. The highest BCUT2D eigenvalue weighted by Crippen LogP contribution is 2.30. The number of para-hydroxylation sites is 3. The molecule has 44 heavy (non-hydrogen) atoms. The molecule has 9 heteroatoms. The molecule has 0 N–H and O–H groups in total. The van der Waals surface area contributed by atoms with Crippen LogP contribution in [0.25, 0.3) is 22.4 Å². The number of halogens is 3. The van der Waals surface area contributed by atoms with Crippen molar-refractivity contribution in [2.45, 2.75) is 19.1 Å². The number of carbonyl (C=O) groups excluding carboxylic acids is 1. The van der Waals surface area contributed by atoms with Crippen molar-refractivity contribution in [3.05, 3.63) is 115 Å². The lowest BCUT2D eigenvalue weighted by atomic mass is 10.1. The smallest absolute Gasteiger partial charge is 0.369 e. The van der Waals surface area contributed by atoms with Gasteiger partial charge in [0.1, 0.15) is 5.82 Å². The van der Waals surface area contributed by atoms with E-state index in [0.29, 0.717) is 25.3 Å². The standard InChI is InChI=1S/C35H34F3N5O/c36-35(37,38)34(44)42(21-9-20-40-22-24-41(25-23-40)29-12-5-2-6-13-29)30-18-16-28(17-19-30)33-39-31-14-7-8-15-32(31)43(33)26-27-10-3-1-4-11-27/h1-8,10-19H,9,20-26H2. The molecule has 0 bridgehead atoms. The largest absolute Gasteiger partial charge is 0.471 e. The summed E-state index contributed by atoms with van der Waals surface area (Å²) in [6, 6.07) is 34.7. The normalized spacial score (nSPS) is 14.2. The molecule has 0 radical (unpaired) electrons. The fourth-order valence-corrected chi connectivity index (χ4v) is 5.83. The third-order valence-electron chi connectivity index (χ3n) is 8.11. The van der Waals surface area contributed by atoms with E-state index in [2.05, 4.69) is 26.5 Å². The number of alkyl halides is 3. The molecule has 1 amide bonds. The number of benzene rings is 4. The zero-order valence-corrected chi connectivity index (χ0v) is 24.3. The molecule has 1 fully saturated rings. The van der Waals surface area contributed by atoms with E-state index in [4.69, 9.17) is 4.98 Å². The fourth-order valence-electron chi connectivity index (χ4n) is 5.83. The van der Waals surface area contributed by atoms with Crippen molar-refractivity contribution in [2.75, 3.05) is 49.1 Å². The summed E-state index contributed by atoms with van der Waals surface area (Å²) in [4.78, 5) is 22.8. The van der Waals surface area contributed by atoms with Gasteiger partial charge in [0.05, 0.1) is 11.0 Å². The molecule has 5 aromatic rings. The van der Waals surface area contributed by atoms with Crippen molar-refractivity contribution in [2.24, 2.45) is 0 Å². The molecule has 0 unspecified atom stereocenters. The van der Waals surface area contributed by atoms with Gasteiger partial charge in [0.15, 0.2) is 0 Å². The Morgan fingerprint density at radius 1 is 0.773 bits per heavy atom. The molecule has 0 spiro atoms. The Kier molecular flexibility index (Phi) is 8.65. The molecular weight excluding hydrogens is 563 g/mol. The van der Waals surface area contributed by atoms with Gasteiger partial charge in [0.25, 0.3) is 0 Å². The van der Waals surface area contributed by atoms with Crippen molar-refractivity contribution in [1.82, 2.24) is 14.5 Å². The monoisotopic (exact) mass is 597 g/mol. The number of hydrogen-bond donors (Lipinski definition) is 0. The lowest BCUT2D eigenvalue weighted by Crippen LogP contribution is -2.47. The van der Waals surface area contributed by atoms with Gasteiger partial charge in [-0.1, -0.05) is 60.7 Å². The minimum absolute atomic E-state index is 0.0247. The molecule has 4 aromatic carbocycles. The molecule has 6 rings (SSSR count). The molecular formula is C35H34F3N5O. The van der Waals surface area contributed by atoms with E-state index in [9.17, 15) is 18.0 Å². The van der Waals surface area contributed by atoms with Crippen molar-refractivity contribution in [3.8, 4) is 11.4 Å². The number of aromatic nitrogens is 2. The second-order valence-corrected chi connectivity index (χ2v) is 11.0. The highest BCUT2D eigenvalue weighted by molar-refractivity contribution is 5.97. The molecule has 2 heterocycles. The maximum Gasteiger partial charge on any atom is 0.471 e. The predicted molar refractivity (Wildman–Crippen MR) is 169 cm³/mol. The quantitative estimate of drug-likeness (QED) is 0.186. The lowest BCUT2D eigenvalue weighted by Gasteiger charge is -2.36. The molecule has 226 valence electrons. The molecule has 6 nitrogen and oxygen atoms in total. The summed E-state index contributed by atoms with van der Waals surface area (Å²) in [5.74, 6) is -1.14. The van der Waals surface area contributed by atoms with Gasteiger partial charge in [-0.05, 0) is 67.1 Å². The van der Waals surface area contributed by atoms with E-state index in [0.717, 1.165) is 53.2 Å². The van der Waals surface area contributed by atoms with Gasteiger partial charge < -0.3 is 14.4 Å². The van der Waals surface area contributed by atoms with Crippen molar-refractivity contribution in [3.63, 3.8) is 0 Å². The van der Waals surface area contributed by atoms with Gasteiger partial charge >= 0.3 is 12.1 Å². The maximum absolute atomic E-state index is 13.7. The van der Waals surface area contributed by atoms with E-state index in [1.807, 2.05) is 72.8 Å². The topological polar surface area (TPSA) is 44.6 Å². The Morgan fingerprint density at radius 3 is 2.09 bits per heavy atom. The first-order valence-corrected chi connectivity index (χ1v) is 14.9. The third-order valence-corrected chi connectivity index (χ3v) is 8.11. The summed E-state index contributed by atoms with van der Waals surface area (Å²) in [5.41, 5.74) is 5.06. The molecule has 0 aliphatic carbocycles. The van der Waals surface area contributed by atoms with Crippen molar-refractivity contribution >= 4 is 28.3 Å². The Morgan fingerprint density at radius 2 is 1.41 bits per heavy atom. The number of nitrogens with zero attached hydrogens (tertiary/aromatic N) is 5. The second kappa shape index (κ2) is 12.9. The van der Waals surface area contributed by atoms with Gasteiger partial charge in [-0.15, -0.1) is 0 Å². The van der Waals surface area contributed by atoms with Crippen LogP contribution >= 0.6 is 0 Å². The van der Waals surface area contributed by atoms with Gasteiger partial charge in [0, 0.05) is 56.2 Å². The molecule has 1 saturated heterocycles. The number of hydrogen-bond acceptors (Lipinski definition) is 4. The maximum atomic E-state index is 13.7. The first kappa shape index (κ1) is 29.4. The lowest BCUT2D eigenvalue weighted by molar-refractivity contribution is -0.170. The number of rotatable bonds is 9. The summed E-state index contributed by atoms with van der Waals surface area (Å²) >= 11 is 0. The Bertz CT molecular complexity index is 1680. The summed E-state index contributed by atoms with van der Waals surface area (Å²) in [5, 5.41) is 0. The van der Waals surface area contributed by atoms with Crippen LogP contribution in [0.1, 0.15) is 12.0 Å². The highest BCUT2D eigenvalue weighted by atomic mass is 19.4. The summed E-state index contributed by atoms with van der Waals surface area (Å²) < 4.78 is 43.1. The SMILES string of the molecule is O=C(N(CCCN1CCN(c2ccccc2)CC1)c1ccc(-c2nc3ccccc3n2Cc2ccccc2)cc1)C(F)(F)F. The molecule has 1 aliphatic heterocycles. The minimum Gasteiger partial charge on any atom is -0.369 e. The van der Waals surface area contributed by atoms with E-state index < -0.39 is 12.1 Å². The first-order chi connectivity index (χ1) is 21.4. The summed E-state index contributed by atoms with van der Waals surface area (Å²) in [7, 11) is 0. The number of piperazine rings is 1. The van der Waals surface area contributed by atoms with Gasteiger partial charge in [0.2, 0.25) is 0 Å². The van der Waals surface area contributed by atoms with Crippen LogP contribution in [0.2, 0.25) is 0 Å². The number of imidazole rings is 1. The Hall–Kier alpha value is -4.63. The van der Waals surface area contributed by atoms with Crippen LogP contribution in [0.15, 0.2) is 109 Å². The molecule has 1 aliphatic rings. The van der Waals surface area contributed by atoms with Crippen LogP contribution in [0, 0.1) is 0 Å². The second-order valence-electron chi connectivity index (χ2n) is 11.0. The predicted octanol–water partition coefficient (Wildman–Crippen LogP) is 6.86. The van der Waals surface area contributed by atoms with Gasteiger partial charge in [-0.3, -0.25) is 9.69 Å². The fraction of sp³-hybridized carbons (Fsp3) is 0.257. The van der Waals surface area contributed by atoms with Crippen LogP contribution in [-0.4, -0.2) is 65.8 Å². The third kappa shape index (κ3) is 6.63. The van der Waals surface area contributed by atoms with E-state index in [-0.39, 0.29) is 12.2 Å². The summed E-state index contributed by atoms with van der Waals surface area (Å²) in [6.45, 7) is 4.53. The zero-order chi connectivity index (χ0) is 30.5. The average Bonchev–Trinajstić information content (AvgIpc) is 3.42.